The molecule has 2 aromatic rings. The summed E-state index contributed by atoms with van der Waals surface area (Å²) in [5.41, 5.74) is 1.44. The highest BCUT2D eigenvalue weighted by Gasteiger charge is 2.36. The van der Waals surface area contributed by atoms with Gasteiger partial charge in [-0.2, -0.15) is 0 Å². The van der Waals surface area contributed by atoms with Gasteiger partial charge in [0.25, 0.3) is 0 Å². The Morgan fingerprint density at radius 3 is 2.68 bits per heavy atom. The van der Waals surface area contributed by atoms with Crippen LogP contribution in [0, 0.1) is 5.92 Å². The van der Waals surface area contributed by atoms with Gasteiger partial charge >= 0.3 is 0 Å². The zero-order chi connectivity index (χ0) is 17.4. The summed E-state index contributed by atoms with van der Waals surface area (Å²) in [6, 6.07) is 8.15. The van der Waals surface area contributed by atoms with Crippen molar-refractivity contribution in [2.45, 2.75) is 44.6 Å². The number of benzene rings is 1. The number of carbonyl (C=O) groups excluding carboxylic acids is 1. The van der Waals surface area contributed by atoms with Crippen molar-refractivity contribution in [2.75, 3.05) is 13.1 Å². The fourth-order valence-electron chi connectivity index (χ4n) is 4.08. The molecule has 0 aliphatic carbocycles. The molecule has 1 aromatic heterocycles. The average Bonchev–Trinajstić information content (AvgIpc) is 3.10. The van der Waals surface area contributed by atoms with E-state index in [1.165, 1.54) is 5.56 Å². The highest BCUT2D eigenvalue weighted by molar-refractivity contribution is 6.30. The van der Waals surface area contributed by atoms with Crippen molar-refractivity contribution in [3.05, 3.63) is 47.0 Å². The van der Waals surface area contributed by atoms with Crippen molar-refractivity contribution in [3.63, 3.8) is 0 Å². The number of hydrogen-bond acceptors (Lipinski definition) is 3. The van der Waals surface area contributed by atoms with Crippen molar-refractivity contribution >= 4 is 17.5 Å². The number of halogens is 1. The van der Waals surface area contributed by atoms with Crippen LogP contribution in [0.2, 0.25) is 5.02 Å². The summed E-state index contributed by atoms with van der Waals surface area (Å²) in [6.07, 6.45) is 5.44. The van der Waals surface area contributed by atoms with Crippen molar-refractivity contribution in [2.24, 2.45) is 5.92 Å². The number of amides is 1. The number of fused-ring (bicyclic) bond motifs is 1. The third-order valence-corrected chi connectivity index (χ3v) is 6.15. The van der Waals surface area contributed by atoms with Gasteiger partial charge < -0.3 is 9.47 Å². The third kappa shape index (κ3) is 3.17. The lowest BCUT2D eigenvalue weighted by atomic mass is 9.74. The Labute approximate surface area is 153 Å². The van der Waals surface area contributed by atoms with E-state index in [1.54, 1.807) is 6.33 Å². The molecular formula is C19H23ClN4O. The molecule has 0 N–H and O–H groups in total. The van der Waals surface area contributed by atoms with E-state index in [0.29, 0.717) is 6.54 Å². The molecule has 0 radical (unpaired) electrons. The molecule has 1 aromatic carbocycles. The highest BCUT2D eigenvalue weighted by atomic mass is 35.5. The van der Waals surface area contributed by atoms with Crippen LogP contribution in [-0.4, -0.2) is 38.7 Å². The first kappa shape index (κ1) is 16.6. The van der Waals surface area contributed by atoms with E-state index in [-0.39, 0.29) is 17.2 Å². The largest absolute Gasteiger partial charge is 0.342 e. The monoisotopic (exact) mass is 358 g/mol. The normalized spacial score (nSPS) is 22.5. The molecule has 0 spiro atoms. The molecule has 25 heavy (non-hydrogen) atoms. The van der Waals surface area contributed by atoms with Crippen LogP contribution in [0.4, 0.5) is 0 Å². The summed E-state index contributed by atoms with van der Waals surface area (Å²) >= 11 is 6.01. The molecule has 1 amide bonds. The fraction of sp³-hybridized carbons (Fsp3) is 0.526. The molecule has 3 heterocycles. The molecule has 0 bridgehead atoms. The Kier molecular flexibility index (Phi) is 4.28. The molecule has 1 fully saturated rings. The first-order valence-electron chi connectivity index (χ1n) is 8.97. The van der Waals surface area contributed by atoms with Gasteiger partial charge in [-0.3, -0.25) is 4.79 Å². The van der Waals surface area contributed by atoms with Gasteiger partial charge in [-0.05, 0) is 42.4 Å². The van der Waals surface area contributed by atoms with E-state index < -0.39 is 0 Å². The molecule has 0 unspecified atom stereocenters. The second-order valence-electron chi connectivity index (χ2n) is 7.53. The predicted molar refractivity (Wildman–Crippen MR) is 96.5 cm³/mol. The van der Waals surface area contributed by atoms with Crippen LogP contribution in [0.15, 0.2) is 30.6 Å². The van der Waals surface area contributed by atoms with Crippen LogP contribution >= 0.6 is 11.6 Å². The number of piperidine rings is 1. The highest BCUT2D eigenvalue weighted by Crippen LogP contribution is 2.36. The molecule has 132 valence electrons. The van der Waals surface area contributed by atoms with E-state index in [2.05, 4.69) is 34.2 Å². The number of aromatic nitrogens is 3. The number of carbonyl (C=O) groups is 1. The van der Waals surface area contributed by atoms with Crippen molar-refractivity contribution in [1.82, 2.24) is 19.7 Å². The second-order valence-corrected chi connectivity index (χ2v) is 7.96. The minimum atomic E-state index is 0.0587. The van der Waals surface area contributed by atoms with Crippen LogP contribution in [0.25, 0.3) is 0 Å². The topological polar surface area (TPSA) is 51.0 Å². The van der Waals surface area contributed by atoms with Gasteiger partial charge in [0, 0.05) is 31.1 Å². The summed E-state index contributed by atoms with van der Waals surface area (Å²) in [5, 5.41) is 8.82. The van der Waals surface area contributed by atoms with E-state index in [0.717, 1.165) is 49.6 Å². The fourth-order valence-corrected chi connectivity index (χ4v) is 4.20. The van der Waals surface area contributed by atoms with Gasteiger partial charge in [-0.15, -0.1) is 10.2 Å². The number of rotatable bonds is 2. The van der Waals surface area contributed by atoms with Crippen LogP contribution in [-0.2, 0) is 23.2 Å². The molecular weight excluding hydrogens is 336 g/mol. The van der Waals surface area contributed by atoms with E-state index in [4.69, 9.17) is 11.6 Å². The lowest BCUT2D eigenvalue weighted by Crippen LogP contribution is -2.47. The Balaban J connectivity index is 1.40. The molecule has 0 saturated carbocycles. The lowest BCUT2D eigenvalue weighted by molar-refractivity contribution is -0.138. The van der Waals surface area contributed by atoms with Crippen LogP contribution < -0.4 is 0 Å². The third-order valence-electron chi connectivity index (χ3n) is 5.90. The number of aryl methyl sites for hydroxylation is 1. The summed E-state index contributed by atoms with van der Waals surface area (Å²) < 4.78 is 2.02. The Bertz CT molecular complexity index is 762. The SMILES string of the molecule is CC1(c2ccc(Cl)cc2)CCN(C(=O)[C@@H]2CCc3nncn3C2)CC1. The van der Waals surface area contributed by atoms with Crippen LogP contribution in [0.5, 0.6) is 0 Å². The van der Waals surface area contributed by atoms with E-state index in [9.17, 15) is 4.79 Å². The van der Waals surface area contributed by atoms with Gasteiger partial charge in [-0.1, -0.05) is 30.7 Å². The number of hydrogen-bond donors (Lipinski definition) is 0. The maximum atomic E-state index is 12.9. The summed E-state index contributed by atoms with van der Waals surface area (Å²) in [5.74, 6) is 1.35. The molecule has 1 atom stereocenters. The minimum Gasteiger partial charge on any atom is -0.342 e. The van der Waals surface area contributed by atoms with Gasteiger partial charge in [0.1, 0.15) is 12.2 Å². The van der Waals surface area contributed by atoms with Crippen LogP contribution in [0.3, 0.4) is 0 Å². The Morgan fingerprint density at radius 2 is 1.96 bits per heavy atom. The quantitative estimate of drug-likeness (QED) is 0.829. The first-order valence-corrected chi connectivity index (χ1v) is 9.34. The molecule has 5 nitrogen and oxygen atoms in total. The molecule has 1 saturated heterocycles. The van der Waals surface area contributed by atoms with Gasteiger partial charge in [0.2, 0.25) is 5.91 Å². The molecule has 6 heteroatoms. The zero-order valence-corrected chi connectivity index (χ0v) is 15.2. The van der Waals surface area contributed by atoms with Crippen LogP contribution in [0.1, 0.15) is 37.6 Å². The molecule has 4 rings (SSSR count). The van der Waals surface area contributed by atoms with E-state index in [1.807, 2.05) is 16.7 Å². The van der Waals surface area contributed by atoms with Gasteiger partial charge in [-0.25, -0.2) is 0 Å². The predicted octanol–water partition coefficient (Wildman–Crippen LogP) is 3.07. The Morgan fingerprint density at radius 1 is 1.24 bits per heavy atom. The summed E-state index contributed by atoms with van der Waals surface area (Å²) in [7, 11) is 0. The molecule has 2 aliphatic heterocycles. The zero-order valence-electron chi connectivity index (χ0n) is 14.5. The maximum absolute atomic E-state index is 12.9. The maximum Gasteiger partial charge on any atom is 0.227 e. The number of likely N-dealkylation sites (tertiary alicyclic amines) is 1. The van der Waals surface area contributed by atoms with Crippen molar-refractivity contribution in [3.8, 4) is 0 Å². The standard InChI is InChI=1S/C19H23ClN4O/c1-19(15-3-5-16(20)6-4-15)8-10-23(11-9-19)18(25)14-2-7-17-22-21-13-24(17)12-14/h3-6,13-14H,2,7-12H2,1H3/t14-/m1/s1. The average molecular weight is 359 g/mol. The number of nitrogens with zero attached hydrogens (tertiary/aromatic N) is 4. The van der Waals surface area contributed by atoms with Gasteiger partial charge in [0.15, 0.2) is 0 Å². The van der Waals surface area contributed by atoms with Crippen molar-refractivity contribution in [1.29, 1.82) is 0 Å². The summed E-state index contributed by atoms with van der Waals surface area (Å²) in [4.78, 5) is 15.0. The first-order chi connectivity index (χ1) is 12.0. The minimum absolute atomic E-state index is 0.0587. The molecule has 2 aliphatic rings. The van der Waals surface area contributed by atoms with E-state index >= 15 is 0 Å². The smallest absolute Gasteiger partial charge is 0.227 e. The second kappa shape index (κ2) is 6.45. The lowest BCUT2D eigenvalue weighted by Gasteiger charge is -2.41. The summed E-state index contributed by atoms with van der Waals surface area (Å²) in [6.45, 7) is 4.65. The van der Waals surface area contributed by atoms with Crippen molar-refractivity contribution < 1.29 is 4.79 Å². The van der Waals surface area contributed by atoms with Gasteiger partial charge in [0.05, 0.1) is 5.92 Å². The Hall–Kier alpha value is -1.88.